The first kappa shape index (κ1) is 25.0. The molecule has 1 aromatic rings. The molecule has 1 atom stereocenters. The van der Waals surface area contributed by atoms with Crippen molar-refractivity contribution < 1.29 is 19.1 Å². The van der Waals surface area contributed by atoms with Crippen molar-refractivity contribution in [1.82, 2.24) is 9.88 Å². The van der Waals surface area contributed by atoms with Gasteiger partial charge in [-0.05, 0) is 78.9 Å². The van der Waals surface area contributed by atoms with Crippen LogP contribution in [0, 0.1) is 0 Å². The van der Waals surface area contributed by atoms with Gasteiger partial charge in [-0.15, -0.1) is 0 Å². The monoisotopic (exact) mass is 433 g/mol. The van der Waals surface area contributed by atoms with Gasteiger partial charge in [-0.2, -0.15) is 0 Å². The van der Waals surface area contributed by atoms with Crippen molar-refractivity contribution in [2.45, 2.75) is 97.8 Å². The van der Waals surface area contributed by atoms with Crippen molar-refractivity contribution in [2.75, 3.05) is 18.0 Å². The fraction of sp³-hybridized carbons (Fsp3) is 0.708. The van der Waals surface area contributed by atoms with E-state index in [0.717, 1.165) is 37.7 Å². The summed E-state index contributed by atoms with van der Waals surface area (Å²) in [6.07, 6.45) is 5.78. The SMILES string of the molecule is CCCCN(C(=O)OC(C)(C)C)c1ccc([C@@H]2CCCCN2C(=O)OC(C)(C)C)cn1. The van der Waals surface area contributed by atoms with Crippen molar-refractivity contribution >= 4 is 18.0 Å². The Labute approximate surface area is 187 Å². The molecule has 2 heterocycles. The van der Waals surface area contributed by atoms with Crippen LogP contribution in [0.25, 0.3) is 0 Å². The minimum atomic E-state index is -0.572. The topological polar surface area (TPSA) is 72.0 Å². The fourth-order valence-electron chi connectivity index (χ4n) is 3.50. The average molecular weight is 434 g/mol. The Morgan fingerprint density at radius 1 is 1.10 bits per heavy atom. The number of piperidine rings is 1. The lowest BCUT2D eigenvalue weighted by Gasteiger charge is -2.37. The number of likely N-dealkylation sites (tertiary alicyclic amines) is 1. The summed E-state index contributed by atoms with van der Waals surface area (Å²) < 4.78 is 11.2. The molecular weight excluding hydrogens is 394 g/mol. The van der Waals surface area contributed by atoms with Crippen LogP contribution in [-0.2, 0) is 9.47 Å². The first-order valence-electron chi connectivity index (χ1n) is 11.4. The second-order valence-corrected chi connectivity index (χ2v) is 10.1. The number of carbonyl (C=O) groups is 2. The van der Waals surface area contributed by atoms with Crippen LogP contribution in [-0.4, -0.2) is 46.4 Å². The standard InChI is InChI=1S/C24H39N3O4/c1-8-9-15-27(22(29)31-24(5,6)7)20-14-13-18(17-25-20)19-12-10-11-16-26(19)21(28)30-23(2,3)4/h13-14,17,19H,8-12,15-16H2,1-7H3/t19-/m0/s1. The van der Waals surface area contributed by atoms with E-state index in [9.17, 15) is 9.59 Å². The molecule has 0 N–H and O–H groups in total. The van der Waals surface area contributed by atoms with Gasteiger partial charge < -0.3 is 14.4 Å². The molecule has 7 nitrogen and oxygen atoms in total. The molecule has 0 unspecified atom stereocenters. The maximum absolute atomic E-state index is 12.7. The molecule has 0 spiro atoms. The third-order valence-corrected chi connectivity index (χ3v) is 4.91. The van der Waals surface area contributed by atoms with Crippen LogP contribution in [0.3, 0.4) is 0 Å². The zero-order valence-corrected chi connectivity index (χ0v) is 20.2. The summed E-state index contributed by atoms with van der Waals surface area (Å²) in [5.41, 5.74) is -0.153. The Kier molecular flexibility index (Phi) is 8.32. The summed E-state index contributed by atoms with van der Waals surface area (Å²) in [5.74, 6) is 0.561. The number of rotatable bonds is 5. The van der Waals surface area contributed by atoms with Crippen LogP contribution in [0.1, 0.15) is 92.2 Å². The van der Waals surface area contributed by atoms with Gasteiger partial charge in [0, 0.05) is 19.3 Å². The first-order valence-corrected chi connectivity index (χ1v) is 11.4. The lowest BCUT2D eigenvalue weighted by Crippen LogP contribution is -2.42. The van der Waals surface area contributed by atoms with Crippen molar-refractivity contribution in [3.05, 3.63) is 23.9 Å². The van der Waals surface area contributed by atoms with Crippen molar-refractivity contribution in [1.29, 1.82) is 0 Å². The smallest absolute Gasteiger partial charge is 0.416 e. The molecule has 1 aliphatic heterocycles. The van der Waals surface area contributed by atoms with Crippen molar-refractivity contribution in [2.24, 2.45) is 0 Å². The highest BCUT2D eigenvalue weighted by Crippen LogP contribution is 2.32. The van der Waals surface area contributed by atoms with Crippen LogP contribution in [0.5, 0.6) is 0 Å². The molecule has 1 saturated heterocycles. The van der Waals surface area contributed by atoms with E-state index in [1.807, 2.05) is 53.7 Å². The first-order chi connectivity index (χ1) is 14.4. The van der Waals surface area contributed by atoms with Gasteiger partial charge in [0.1, 0.15) is 17.0 Å². The highest BCUT2D eigenvalue weighted by molar-refractivity contribution is 5.86. The number of carbonyl (C=O) groups excluding carboxylic acids is 2. The van der Waals surface area contributed by atoms with E-state index in [4.69, 9.17) is 9.47 Å². The third kappa shape index (κ3) is 7.71. The van der Waals surface area contributed by atoms with Gasteiger partial charge in [-0.25, -0.2) is 14.6 Å². The number of hydrogen-bond donors (Lipinski definition) is 0. The summed E-state index contributed by atoms with van der Waals surface area (Å²) >= 11 is 0. The Balaban J connectivity index is 2.21. The molecule has 1 fully saturated rings. The van der Waals surface area contributed by atoms with Crippen LogP contribution >= 0.6 is 0 Å². The number of unbranched alkanes of at least 4 members (excludes halogenated alkanes) is 1. The van der Waals surface area contributed by atoms with Crippen LogP contribution < -0.4 is 4.90 Å². The number of amides is 2. The maximum Gasteiger partial charge on any atom is 0.416 e. The Bertz CT molecular complexity index is 735. The van der Waals surface area contributed by atoms with Gasteiger partial charge in [0.05, 0.1) is 6.04 Å². The second kappa shape index (κ2) is 10.3. The molecule has 0 bridgehead atoms. The Morgan fingerprint density at radius 3 is 2.32 bits per heavy atom. The molecule has 0 aliphatic carbocycles. The number of anilines is 1. The van der Waals surface area contributed by atoms with E-state index < -0.39 is 17.3 Å². The summed E-state index contributed by atoms with van der Waals surface area (Å²) in [6.45, 7) is 14.5. The van der Waals surface area contributed by atoms with E-state index in [1.54, 1.807) is 16.0 Å². The molecule has 0 radical (unpaired) electrons. The number of nitrogens with zero attached hydrogens (tertiary/aromatic N) is 3. The van der Waals surface area contributed by atoms with Crippen molar-refractivity contribution in [3.63, 3.8) is 0 Å². The number of pyridine rings is 1. The molecule has 0 aromatic carbocycles. The van der Waals surface area contributed by atoms with Crippen molar-refractivity contribution in [3.8, 4) is 0 Å². The number of ether oxygens (including phenoxy) is 2. The highest BCUT2D eigenvalue weighted by Gasteiger charge is 2.32. The Morgan fingerprint density at radius 2 is 1.77 bits per heavy atom. The number of aromatic nitrogens is 1. The summed E-state index contributed by atoms with van der Waals surface area (Å²) in [7, 11) is 0. The minimum Gasteiger partial charge on any atom is -0.444 e. The zero-order valence-electron chi connectivity index (χ0n) is 20.2. The second-order valence-electron chi connectivity index (χ2n) is 10.1. The average Bonchev–Trinajstić information content (AvgIpc) is 2.66. The fourth-order valence-corrected chi connectivity index (χ4v) is 3.50. The lowest BCUT2D eigenvalue weighted by atomic mass is 9.97. The van der Waals surface area contributed by atoms with Gasteiger partial charge in [0.15, 0.2) is 0 Å². The maximum atomic E-state index is 12.7. The van der Waals surface area contributed by atoms with Crippen LogP contribution in [0.4, 0.5) is 15.4 Å². The predicted octanol–water partition coefficient (Wildman–Crippen LogP) is 6.09. The highest BCUT2D eigenvalue weighted by atomic mass is 16.6. The van der Waals surface area contributed by atoms with E-state index in [1.165, 1.54) is 0 Å². The molecule has 2 amide bonds. The van der Waals surface area contributed by atoms with E-state index in [2.05, 4.69) is 11.9 Å². The minimum absolute atomic E-state index is 0.0734. The van der Waals surface area contributed by atoms with Gasteiger partial charge in [0.2, 0.25) is 0 Å². The van der Waals surface area contributed by atoms with Gasteiger partial charge in [-0.1, -0.05) is 19.4 Å². The number of hydrogen-bond acceptors (Lipinski definition) is 5. The molecular formula is C24H39N3O4. The van der Waals surface area contributed by atoms with E-state index >= 15 is 0 Å². The van der Waals surface area contributed by atoms with Gasteiger partial charge in [-0.3, -0.25) is 4.90 Å². The zero-order chi connectivity index (χ0) is 23.2. The molecule has 1 aliphatic rings. The molecule has 2 rings (SSSR count). The predicted molar refractivity (Wildman–Crippen MR) is 122 cm³/mol. The van der Waals surface area contributed by atoms with Crippen LogP contribution in [0.2, 0.25) is 0 Å². The molecule has 7 heteroatoms. The van der Waals surface area contributed by atoms with E-state index in [0.29, 0.717) is 18.9 Å². The summed E-state index contributed by atoms with van der Waals surface area (Å²) in [4.78, 5) is 33.4. The molecule has 0 saturated carbocycles. The lowest BCUT2D eigenvalue weighted by molar-refractivity contribution is 0.00947. The normalized spacial score (nSPS) is 17.3. The van der Waals surface area contributed by atoms with E-state index in [-0.39, 0.29) is 12.1 Å². The summed E-state index contributed by atoms with van der Waals surface area (Å²) in [5, 5.41) is 0. The largest absolute Gasteiger partial charge is 0.444 e. The van der Waals surface area contributed by atoms with Gasteiger partial charge >= 0.3 is 12.2 Å². The Hall–Kier alpha value is -2.31. The summed E-state index contributed by atoms with van der Waals surface area (Å²) in [6, 6.07) is 3.73. The van der Waals surface area contributed by atoms with Gasteiger partial charge in [0.25, 0.3) is 0 Å². The molecule has 31 heavy (non-hydrogen) atoms. The molecule has 174 valence electrons. The molecule has 1 aromatic heterocycles. The quantitative estimate of drug-likeness (QED) is 0.562. The van der Waals surface area contributed by atoms with Crippen LogP contribution in [0.15, 0.2) is 18.3 Å². The third-order valence-electron chi connectivity index (χ3n) is 4.91.